The SMILES string of the molecule is N#CCC(=O)Nc1cccc(Nc2nccc(Sc3ccccn3)n2)c1. The van der Waals surface area contributed by atoms with E-state index in [-0.39, 0.29) is 12.3 Å². The topological polar surface area (TPSA) is 104 Å². The zero-order valence-electron chi connectivity index (χ0n) is 13.6. The van der Waals surface area contributed by atoms with Gasteiger partial charge in [-0.2, -0.15) is 5.26 Å². The van der Waals surface area contributed by atoms with Crippen LogP contribution >= 0.6 is 11.8 Å². The van der Waals surface area contributed by atoms with Gasteiger partial charge in [-0.3, -0.25) is 4.79 Å². The molecular weight excluding hydrogens is 348 g/mol. The number of carbonyl (C=O) groups is 1. The first-order valence-corrected chi connectivity index (χ1v) is 8.50. The first-order valence-electron chi connectivity index (χ1n) is 7.69. The molecule has 0 bridgehead atoms. The minimum atomic E-state index is -0.352. The fraction of sp³-hybridized carbons (Fsp3) is 0.0556. The molecular formula is C18H14N6OS. The molecule has 0 unspecified atom stereocenters. The Labute approximate surface area is 154 Å². The van der Waals surface area contributed by atoms with Crippen molar-refractivity contribution < 1.29 is 4.79 Å². The summed E-state index contributed by atoms with van der Waals surface area (Å²) < 4.78 is 0. The largest absolute Gasteiger partial charge is 0.325 e. The highest BCUT2D eigenvalue weighted by Gasteiger charge is 2.05. The van der Waals surface area contributed by atoms with Crippen LogP contribution in [-0.2, 0) is 4.79 Å². The van der Waals surface area contributed by atoms with Gasteiger partial charge < -0.3 is 10.6 Å². The summed E-state index contributed by atoms with van der Waals surface area (Å²) in [5.74, 6) is 0.0843. The van der Waals surface area contributed by atoms with E-state index in [2.05, 4.69) is 25.6 Å². The Morgan fingerprint density at radius 2 is 1.92 bits per heavy atom. The van der Waals surface area contributed by atoms with E-state index in [4.69, 9.17) is 5.26 Å². The van der Waals surface area contributed by atoms with Crippen LogP contribution < -0.4 is 10.6 Å². The number of aromatic nitrogens is 3. The van der Waals surface area contributed by atoms with Crippen LogP contribution in [0.25, 0.3) is 0 Å². The molecule has 1 amide bonds. The van der Waals surface area contributed by atoms with Gasteiger partial charge in [0.05, 0.1) is 6.07 Å². The Balaban J connectivity index is 1.70. The van der Waals surface area contributed by atoms with Gasteiger partial charge in [0, 0.05) is 23.8 Å². The second kappa shape index (κ2) is 8.60. The maximum absolute atomic E-state index is 11.5. The summed E-state index contributed by atoms with van der Waals surface area (Å²) >= 11 is 1.44. The van der Waals surface area contributed by atoms with Gasteiger partial charge in [0.25, 0.3) is 0 Å². The molecule has 0 saturated heterocycles. The van der Waals surface area contributed by atoms with Crippen LogP contribution in [0.4, 0.5) is 17.3 Å². The first kappa shape index (κ1) is 17.4. The van der Waals surface area contributed by atoms with Crippen LogP contribution in [-0.4, -0.2) is 20.9 Å². The Bertz CT molecular complexity index is 942. The lowest BCUT2D eigenvalue weighted by atomic mass is 10.2. The summed E-state index contributed by atoms with van der Waals surface area (Å²) in [6, 6.07) is 16.4. The zero-order valence-corrected chi connectivity index (χ0v) is 14.4. The van der Waals surface area contributed by atoms with Gasteiger partial charge in [-0.25, -0.2) is 15.0 Å². The summed E-state index contributed by atoms with van der Waals surface area (Å²) in [7, 11) is 0. The lowest BCUT2D eigenvalue weighted by Crippen LogP contribution is -2.10. The molecule has 0 saturated carbocycles. The fourth-order valence-electron chi connectivity index (χ4n) is 2.05. The highest BCUT2D eigenvalue weighted by Crippen LogP contribution is 2.25. The van der Waals surface area contributed by atoms with E-state index in [1.165, 1.54) is 11.8 Å². The number of pyridine rings is 1. The average molecular weight is 362 g/mol. The monoisotopic (exact) mass is 362 g/mol. The number of nitriles is 1. The van der Waals surface area contributed by atoms with Crippen LogP contribution in [0.5, 0.6) is 0 Å². The number of anilines is 3. The van der Waals surface area contributed by atoms with Gasteiger partial charge in [-0.1, -0.05) is 12.1 Å². The number of hydrogen-bond donors (Lipinski definition) is 2. The molecule has 0 aliphatic rings. The average Bonchev–Trinajstić information content (AvgIpc) is 2.63. The molecule has 0 spiro atoms. The van der Waals surface area contributed by atoms with E-state index < -0.39 is 0 Å². The van der Waals surface area contributed by atoms with Gasteiger partial charge in [0.15, 0.2) is 0 Å². The Hall–Kier alpha value is -3.44. The van der Waals surface area contributed by atoms with Gasteiger partial charge in [-0.15, -0.1) is 0 Å². The predicted octanol–water partition coefficient (Wildman–Crippen LogP) is 3.62. The second-order valence-corrected chi connectivity index (χ2v) is 6.12. The van der Waals surface area contributed by atoms with Crippen molar-refractivity contribution in [3.63, 3.8) is 0 Å². The van der Waals surface area contributed by atoms with Gasteiger partial charge >= 0.3 is 0 Å². The van der Waals surface area contributed by atoms with Crippen molar-refractivity contribution in [2.24, 2.45) is 0 Å². The second-order valence-electron chi connectivity index (χ2n) is 5.08. The van der Waals surface area contributed by atoms with E-state index in [0.29, 0.717) is 11.6 Å². The molecule has 2 aromatic heterocycles. The first-order chi connectivity index (χ1) is 12.7. The molecule has 0 fully saturated rings. The normalized spacial score (nSPS) is 9.96. The molecule has 0 aliphatic heterocycles. The standard InChI is InChI=1S/C18H14N6OS/c19-9-7-15(25)22-13-4-3-5-14(12-13)23-18-21-11-8-17(24-18)26-16-6-1-2-10-20-16/h1-6,8,10-12H,7H2,(H,22,25)(H,21,23,24). The molecule has 7 nitrogen and oxygen atoms in total. The van der Waals surface area contributed by atoms with Gasteiger partial charge in [0.2, 0.25) is 11.9 Å². The molecule has 2 heterocycles. The van der Waals surface area contributed by atoms with Crippen molar-refractivity contribution in [1.82, 2.24) is 15.0 Å². The number of nitrogens with zero attached hydrogens (tertiary/aromatic N) is 4. The number of nitrogens with one attached hydrogen (secondary N) is 2. The molecule has 1 aromatic carbocycles. The number of rotatable bonds is 6. The predicted molar refractivity (Wildman–Crippen MR) is 99.0 cm³/mol. The van der Waals surface area contributed by atoms with E-state index in [1.54, 1.807) is 30.6 Å². The third-order valence-electron chi connectivity index (χ3n) is 3.12. The van der Waals surface area contributed by atoms with Crippen LogP contribution in [0.15, 0.2) is 71.0 Å². The van der Waals surface area contributed by atoms with Crippen LogP contribution in [0.1, 0.15) is 6.42 Å². The third-order valence-corrected chi connectivity index (χ3v) is 4.01. The summed E-state index contributed by atoms with van der Waals surface area (Å²) in [6.07, 6.45) is 3.21. The van der Waals surface area contributed by atoms with Crippen LogP contribution in [0.3, 0.4) is 0 Å². The number of benzene rings is 1. The smallest absolute Gasteiger partial charge is 0.238 e. The van der Waals surface area contributed by atoms with E-state index in [9.17, 15) is 4.79 Å². The van der Waals surface area contributed by atoms with E-state index in [0.717, 1.165) is 15.7 Å². The third kappa shape index (κ3) is 5.03. The molecule has 3 rings (SSSR count). The Morgan fingerprint density at radius 3 is 2.73 bits per heavy atom. The maximum atomic E-state index is 11.5. The van der Waals surface area contributed by atoms with Crippen molar-refractivity contribution in [2.45, 2.75) is 16.5 Å². The summed E-state index contributed by atoms with van der Waals surface area (Å²) in [5, 5.41) is 15.9. The molecule has 128 valence electrons. The highest BCUT2D eigenvalue weighted by atomic mass is 32.2. The van der Waals surface area contributed by atoms with Crippen molar-refractivity contribution in [2.75, 3.05) is 10.6 Å². The molecule has 8 heteroatoms. The van der Waals surface area contributed by atoms with Gasteiger partial charge in [-0.05, 0) is 48.2 Å². The van der Waals surface area contributed by atoms with Crippen molar-refractivity contribution >= 4 is 35.0 Å². The molecule has 2 N–H and O–H groups in total. The van der Waals surface area contributed by atoms with Crippen molar-refractivity contribution in [3.8, 4) is 6.07 Å². The van der Waals surface area contributed by atoms with Crippen LogP contribution in [0.2, 0.25) is 0 Å². The number of amides is 1. The minimum absolute atomic E-state index is 0.187. The molecule has 26 heavy (non-hydrogen) atoms. The lowest BCUT2D eigenvalue weighted by Gasteiger charge is -2.08. The van der Waals surface area contributed by atoms with E-state index in [1.807, 2.05) is 36.4 Å². The Kier molecular flexibility index (Phi) is 5.75. The van der Waals surface area contributed by atoms with Crippen LogP contribution in [0, 0.1) is 11.3 Å². The maximum Gasteiger partial charge on any atom is 0.238 e. The summed E-state index contributed by atoms with van der Waals surface area (Å²) in [5.41, 5.74) is 1.31. The molecule has 0 radical (unpaired) electrons. The quantitative estimate of drug-likeness (QED) is 0.645. The molecule has 0 atom stereocenters. The number of carbonyl (C=O) groups excluding carboxylic acids is 1. The zero-order chi connectivity index (χ0) is 18.2. The lowest BCUT2D eigenvalue weighted by molar-refractivity contribution is -0.115. The fourth-order valence-corrected chi connectivity index (χ4v) is 2.79. The summed E-state index contributed by atoms with van der Waals surface area (Å²) in [6.45, 7) is 0. The summed E-state index contributed by atoms with van der Waals surface area (Å²) in [4.78, 5) is 24.4. The van der Waals surface area contributed by atoms with Gasteiger partial charge in [0.1, 0.15) is 16.5 Å². The van der Waals surface area contributed by atoms with Crippen molar-refractivity contribution in [1.29, 1.82) is 5.26 Å². The molecule has 3 aromatic rings. The highest BCUT2D eigenvalue weighted by molar-refractivity contribution is 7.99. The van der Waals surface area contributed by atoms with E-state index >= 15 is 0 Å². The minimum Gasteiger partial charge on any atom is -0.325 e. The number of hydrogen-bond acceptors (Lipinski definition) is 7. The Morgan fingerprint density at radius 1 is 1.04 bits per heavy atom. The molecule has 0 aliphatic carbocycles. The van der Waals surface area contributed by atoms with Crippen molar-refractivity contribution in [3.05, 3.63) is 60.9 Å².